The Kier molecular flexibility index (Phi) is 6.41. The summed E-state index contributed by atoms with van der Waals surface area (Å²) < 4.78 is 14.6. The molecule has 0 amide bonds. The highest BCUT2D eigenvalue weighted by atomic mass is 16.5. The summed E-state index contributed by atoms with van der Waals surface area (Å²) in [7, 11) is 1.69. The van der Waals surface area contributed by atoms with Crippen molar-refractivity contribution in [3.05, 3.63) is 30.5 Å². The van der Waals surface area contributed by atoms with Crippen LogP contribution in [0.25, 0.3) is 16.9 Å². The van der Waals surface area contributed by atoms with Crippen LogP contribution < -0.4 is 4.90 Å². The van der Waals surface area contributed by atoms with E-state index < -0.39 is 0 Å². The van der Waals surface area contributed by atoms with Gasteiger partial charge in [0.15, 0.2) is 11.5 Å². The molecule has 1 fully saturated rings. The van der Waals surface area contributed by atoms with Gasteiger partial charge in [-0.2, -0.15) is 5.10 Å². The van der Waals surface area contributed by atoms with Crippen LogP contribution >= 0.6 is 0 Å². The second-order valence-corrected chi connectivity index (χ2v) is 6.07. The summed E-state index contributed by atoms with van der Waals surface area (Å²) in [5.41, 5.74) is 3.94. The molecule has 0 atom stereocenters. The average molecular weight is 372 g/mol. The van der Waals surface area contributed by atoms with Crippen LogP contribution in [-0.2, 0) is 16.0 Å². The molecule has 1 aliphatic rings. The van der Waals surface area contributed by atoms with Crippen LogP contribution in [0, 0.1) is 6.92 Å². The Morgan fingerprint density at radius 2 is 2.00 bits per heavy atom. The molecule has 3 aromatic rings. The van der Waals surface area contributed by atoms with Gasteiger partial charge in [-0.05, 0) is 6.92 Å². The van der Waals surface area contributed by atoms with E-state index in [-0.39, 0.29) is 0 Å². The minimum Gasteiger partial charge on any atom is -0.383 e. The lowest BCUT2D eigenvalue weighted by atomic mass is 10.2. The third-order valence-corrected chi connectivity index (χ3v) is 4.44. The molecule has 0 bridgehead atoms. The van der Waals surface area contributed by atoms with Crippen molar-refractivity contribution in [2.75, 3.05) is 44.9 Å². The number of ether oxygens (including phenoxy) is 2. The third-order valence-electron chi connectivity index (χ3n) is 4.44. The first-order chi connectivity index (χ1) is 13.3. The molecule has 146 valence electrons. The van der Waals surface area contributed by atoms with Crippen molar-refractivity contribution in [2.45, 2.75) is 27.3 Å². The molecule has 4 rings (SSSR count). The van der Waals surface area contributed by atoms with E-state index in [0.717, 1.165) is 61.3 Å². The zero-order chi connectivity index (χ0) is 19.2. The number of hydrogen-bond donors (Lipinski definition) is 0. The molecule has 0 saturated carbocycles. The molecule has 0 unspecified atom stereocenters. The lowest BCUT2D eigenvalue weighted by molar-refractivity contribution is 0.122. The van der Waals surface area contributed by atoms with Crippen molar-refractivity contribution in [3.8, 4) is 11.3 Å². The Morgan fingerprint density at radius 3 is 2.74 bits per heavy atom. The third kappa shape index (κ3) is 3.96. The maximum absolute atomic E-state index is 5.45. The van der Waals surface area contributed by atoms with Gasteiger partial charge in [0.1, 0.15) is 0 Å². The summed E-state index contributed by atoms with van der Waals surface area (Å²) in [6.45, 7) is 10.5. The van der Waals surface area contributed by atoms with E-state index in [1.54, 1.807) is 7.11 Å². The number of rotatable bonds is 5. The van der Waals surface area contributed by atoms with Crippen LogP contribution in [-0.4, -0.2) is 64.2 Å². The van der Waals surface area contributed by atoms with Crippen LogP contribution in [0.2, 0.25) is 0 Å². The quantitative estimate of drug-likeness (QED) is 0.685. The van der Waals surface area contributed by atoms with Gasteiger partial charge in [0.25, 0.3) is 0 Å². The Hall–Kier alpha value is -2.45. The molecular formula is C19H28N6O2. The summed E-state index contributed by atoms with van der Waals surface area (Å²) in [6, 6.07) is 0. The normalized spacial score (nSPS) is 14.3. The van der Waals surface area contributed by atoms with Crippen molar-refractivity contribution >= 4 is 11.5 Å². The largest absolute Gasteiger partial charge is 0.383 e. The maximum atomic E-state index is 5.45. The average Bonchev–Trinajstić information content (AvgIpc) is 3.31. The summed E-state index contributed by atoms with van der Waals surface area (Å²) in [4.78, 5) is 11.6. The zero-order valence-electron chi connectivity index (χ0n) is 16.6. The standard InChI is InChI=1S/C17H22N6O2.C2H6/c1-13-15(14-11-19-22(12-14)7-8-24-2)23-4-3-18-16(17(23)20-13)21-5-9-25-10-6-21;1-2/h3-4,11-12H,5-10H2,1-2H3;1-2H3. The number of morpholine rings is 1. The van der Waals surface area contributed by atoms with E-state index in [1.165, 1.54) is 0 Å². The molecule has 0 N–H and O–H groups in total. The molecule has 0 spiro atoms. The van der Waals surface area contributed by atoms with Gasteiger partial charge >= 0.3 is 0 Å². The SMILES string of the molecule is CC.COCCn1cc(-c2c(C)nc3c(N4CCOCC4)nccn23)cn1. The van der Waals surface area contributed by atoms with E-state index in [1.807, 2.05) is 50.2 Å². The van der Waals surface area contributed by atoms with Gasteiger partial charge in [-0.15, -0.1) is 0 Å². The number of nitrogens with zero attached hydrogens (tertiary/aromatic N) is 6. The summed E-state index contributed by atoms with van der Waals surface area (Å²) in [5, 5.41) is 4.42. The molecule has 8 heteroatoms. The van der Waals surface area contributed by atoms with Gasteiger partial charge in [-0.25, -0.2) is 9.97 Å². The van der Waals surface area contributed by atoms with Crippen molar-refractivity contribution in [2.24, 2.45) is 0 Å². The second kappa shape index (κ2) is 8.96. The number of anilines is 1. The highest BCUT2D eigenvalue weighted by molar-refractivity contribution is 5.73. The number of aromatic nitrogens is 5. The Bertz CT molecular complexity index is 866. The van der Waals surface area contributed by atoms with Crippen LogP contribution in [0.3, 0.4) is 0 Å². The van der Waals surface area contributed by atoms with E-state index in [9.17, 15) is 0 Å². The summed E-state index contributed by atoms with van der Waals surface area (Å²) in [5.74, 6) is 0.909. The van der Waals surface area contributed by atoms with Gasteiger partial charge in [0, 0.05) is 44.4 Å². The highest BCUT2D eigenvalue weighted by Crippen LogP contribution is 2.28. The van der Waals surface area contributed by atoms with Crippen LogP contribution in [0.5, 0.6) is 0 Å². The molecule has 27 heavy (non-hydrogen) atoms. The van der Waals surface area contributed by atoms with Gasteiger partial charge in [0.05, 0.1) is 44.0 Å². The van der Waals surface area contributed by atoms with Gasteiger partial charge < -0.3 is 14.4 Å². The predicted molar refractivity (Wildman–Crippen MR) is 105 cm³/mol. The Labute approximate surface area is 159 Å². The van der Waals surface area contributed by atoms with Crippen molar-refractivity contribution < 1.29 is 9.47 Å². The van der Waals surface area contributed by atoms with Gasteiger partial charge in [-0.1, -0.05) is 13.8 Å². The highest BCUT2D eigenvalue weighted by Gasteiger charge is 2.20. The number of aryl methyl sites for hydroxylation is 1. The molecule has 0 aromatic carbocycles. The second-order valence-electron chi connectivity index (χ2n) is 6.07. The fourth-order valence-corrected chi connectivity index (χ4v) is 3.22. The topological polar surface area (TPSA) is 69.7 Å². The molecule has 1 aliphatic heterocycles. The van der Waals surface area contributed by atoms with Crippen LogP contribution in [0.1, 0.15) is 19.5 Å². The lowest BCUT2D eigenvalue weighted by Gasteiger charge is -2.27. The van der Waals surface area contributed by atoms with Crippen LogP contribution in [0.15, 0.2) is 24.8 Å². The molecule has 0 aliphatic carbocycles. The predicted octanol–water partition coefficient (Wildman–Crippen LogP) is 2.41. The van der Waals surface area contributed by atoms with Crippen molar-refractivity contribution in [3.63, 3.8) is 0 Å². The first-order valence-corrected chi connectivity index (χ1v) is 9.46. The fraction of sp³-hybridized carbons (Fsp3) is 0.526. The summed E-state index contributed by atoms with van der Waals surface area (Å²) >= 11 is 0. The van der Waals surface area contributed by atoms with E-state index in [4.69, 9.17) is 14.5 Å². The molecule has 0 radical (unpaired) electrons. The van der Waals surface area contributed by atoms with Gasteiger partial charge in [0.2, 0.25) is 0 Å². The van der Waals surface area contributed by atoms with E-state index >= 15 is 0 Å². The monoisotopic (exact) mass is 372 g/mol. The Balaban J connectivity index is 0.00000102. The minimum atomic E-state index is 0.637. The molecule has 4 heterocycles. The minimum absolute atomic E-state index is 0.637. The maximum Gasteiger partial charge on any atom is 0.181 e. The Morgan fingerprint density at radius 1 is 1.22 bits per heavy atom. The van der Waals surface area contributed by atoms with Crippen molar-refractivity contribution in [1.29, 1.82) is 0 Å². The molecule has 1 saturated heterocycles. The summed E-state index contributed by atoms with van der Waals surface area (Å²) in [6.07, 6.45) is 7.70. The number of methoxy groups -OCH3 is 1. The van der Waals surface area contributed by atoms with E-state index in [0.29, 0.717) is 6.61 Å². The fourth-order valence-electron chi connectivity index (χ4n) is 3.22. The van der Waals surface area contributed by atoms with E-state index in [2.05, 4.69) is 19.4 Å². The zero-order valence-corrected chi connectivity index (χ0v) is 16.6. The molecule has 8 nitrogen and oxygen atoms in total. The van der Waals surface area contributed by atoms with Crippen LogP contribution in [0.4, 0.5) is 5.82 Å². The van der Waals surface area contributed by atoms with Crippen molar-refractivity contribution in [1.82, 2.24) is 24.1 Å². The molecule has 3 aromatic heterocycles. The van der Waals surface area contributed by atoms with Gasteiger partial charge in [-0.3, -0.25) is 9.08 Å². The lowest BCUT2D eigenvalue weighted by Crippen LogP contribution is -2.37. The number of fused-ring (bicyclic) bond motifs is 1. The molecular weight excluding hydrogens is 344 g/mol. The number of hydrogen-bond acceptors (Lipinski definition) is 6. The smallest absolute Gasteiger partial charge is 0.181 e. The first-order valence-electron chi connectivity index (χ1n) is 9.46. The number of imidazole rings is 1. The first kappa shape index (κ1) is 19.3.